The fraction of sp³-hybridized carbons (Fsp3) is 0.429. The highest BCUT2D eigenvalue weighted by molar-refractivity contribution is 5.99. The average Bonchev–Trinajstić information content (AvgIpc) is 3.24. The summed E-state index contributed by atoms with van der Waals surface area (Å²) < 4.78 is 20.8. The van der Waals surface area contributed by atoms with Crippen LogP contribution in [-0.2, 0) is 19.3 Å². The van der Waals surface area contributed by atoms with Crippen LogP contribution in [0.25, 0.3) is 10.9 Å². The Labute approximate surface area is 204 Å². The largest absolute Gasteiger partial charge is 0.489 e. The van der Waals surface area contributed by atoms with Crippen LogP contribution in [0.5, 0.6) is 5.75 Å². The third-order valence-corrected chi connectivity index (χ3v) is 7.95. The van der Waals surface area contributed by atoms with Crippen LogP contribution >= 0.6 is 0 Å². The standard InChI is InChI=1S/C28H29FN4O2/c29-24-12-18-8-9-31-28(34)26(18)23-13-21(16-35-27(23)24)33(20-4-1-5-20)10-2-3-19-15-32-25-7-6-17(14-30)11-22(19)25/h6-7,11-12,15,20-21,32H,1-5,8-10,13,16H2,(H,31,34). The Morgan fingerprint density at radius 2 is 2.11 bits per heavy atom. The number of rotatable bonds is 6. The van der Waals surface area contributed by atoms with Crippen molar-refractivity contribution >= 4 is 16.8 Å². The maximum absolute atomic E-state index is 14.8. The van der Waals surface area contributed by atoms with E-state index in [0.717, 1.165) is 41.4 Å². The number of halogens is 1. The molecule has 1 saturated carbocycles. The molecule has 6 nitrogen and oxygen atoms in total. The monoisotopic (exact) mass is 472 g/mol. The normalized spacial score (nSPS) is 19.5. The van der Waals surface area contributed by atoms with Crippen molar-refractivity contribution in [3.8, 4) is 11.8 Å². The molecule has 3 heterocycles. The van der Waals surface area contributed by atoms with E-state index in [4.69, 9.17) is 4.74 Å². The molecule has 1 atom stereocenters. The number of amides is 1. The molecule has 3 aromatic rings. The lowest BCUT2D eigenvalue weighted by Crippen LogP contribution is -2.52. The minimum Gasteiger partial charge on any atom is -0.489 e. The van der Waals surface area contributed by atoms with Crippen LogP contribution in [0, 0.1) is 17.1 Å². The number of nitrogens with zero attached hydrogens (tertiary/aromatic N) is 2. The van der Waals surface area contributed by atoms with Crippen molar-refractivity contribution in [2.24, 2.45) is 0 Å². The van der Waals surface area contributed by atoms with E-state index in [1.54, 1.807) is 0 Å². The molecule has 0 bridgehead atoms. The number of hydrogen-bond donors (Lipinski definition) is 2. The van der Waals surface area contributed by atoms with E-state index in [1.807, 2.05) is 24.4 Å². The average molecular weight is 473 g/mol. The first-order valence-corrected chi connectivity index (χ1v) is 12.6. The summed E-state index contributed by atoms with van der Waals surface area (Å²) in [4.78, 5) is 18.5. The molecule has 6 rings (SSSR count). The molecule has 1 aliphatic carbocycles. The molecule has 7 heteroatoms. The first kappa shape index (κ1) is 22.1. The highest BCUT2D eigenvalue weighted by Crippen LogP contribution is 2.37. The minimum absolute atomic E-state index is 0.113. The van der Waals surface area contributed by atoms with Crippen molar-refractivity contribution in [3.63, 3.8) is 0 Å². The molecule has 35 heavy (non-hydrogen) atoms. The summed E-state index contributed by atoms with van der Waals surface area (Å²) >= 11 is 0. The van der Waals surface area contributed by atoms with Gasteiger partial charge >= 0.3 is 0 Å². The van der Waals surface area contributed by atoms with Gasteiger partial charge in [0.15, 0.2) is 11.6 Å². The Morgan fingerprint density at radius 3 is 2.91 bits per heavy atom. The lowest BCUT2D eigenvalue weighted by atomic mass is 9.86. The van der Waals surface area contributed by atoms with Crippen LogP contribution in [0.3, 0.4) is 0 Å². The number of aryl methyl sites for hydroxylation is 1. The van der Waals surface area contributed by atoms with Gasteiger partial charge in [-0.05, 0) is 80.5 Å². The summed E-state index contributed by atoms with van der Waals surface area (Å²) in [5, 5.41) is 13.3. The van der Waals surface area contributed by atoms with E-state index in [2.05, 4.69) is 21.3 Å². The summed E-state index contributed by atoms with van der Waals surface area (Å²) in [5.74, 6) is -0.200. The smallest absolute Gasteiger partial charge is 0.251 e. The van der Waals surface area contributed by atoms with Crippen LogP contribution in [0.15, 0.2) is 30.5 Å². The van der Waals surface area contributed by atoms with E-state index in [-0.39, 0.29) is 23.5 Å². The topological polar surface area (TPSA) is 81.2 Å². The summed E-state index contributed by atoms with van der Waals surface area (Å²) in [6, 6.07) is 10.1. The van der Waals surface area contributed by atoms with Gasteiger partial charge in [-0.3, -0.25) is 9.69 Å². The van der Waals surface area contributed by atoms with Gasteiger partial charge in [-0.1, -0.05) is 6.42 Å². The molecule has 1 aromatic heterocycles. The number of nitriles is 1. The van der Waals surface area contributed by atoms with Gasteiger partial charge in [0.25, 0.3) is 5.91 Å². The fourth-order valence-electron chi connectivity index (χ4n) is 5.95. The van der Waals surface area contributed by atoms with Crippen molar-refractivity contribution in [1.29, 1.82) is 5.26 Å². The summed E-state index contributed by atoms with van der Waals surface area (Å²) in [5.41, 5.74) is 5.10. The van der Waals surface area contributed by atoms with Gasteiger partial charge in [0, 0.05) is 46.9 Å². The Kier molecular flexibility index (Phi) is 5.69. The molecule has 1 fully saturated rings. The predicted octanol–water partition coefficient (Wildman–Crippen LogP) is 4.26. The van der Waals surface area contributed by atoms with Crippen molar-refractivity contribution in [2.75, 3.05) is 19.7 Å². The maximum atomic E-state index is 14.8. The van der Waals surface area contributed by atoms with Crippen molar-refractivity contribution in [1.82, 2.24) is 15.2 Å². The Hall–Kier alpha value is -3.37. The van der Waals surface area contributed by atoms with Gasteiger partial charge in [-0.15, -0.1) is 0 Å². The first-order chi connectivity index (χ1) is 17.1. The van der Waals surface area contributed by atoms with Crippen LogP contribution in [0.4, 0.5) is 4.39 Å². The molecule has 0 saturated heterocycles. The van der Waals surface area contributed by atoms with E-state index < -0.39 is 0 Å². The number of H-pyrrole nitrogens is 1. The van der Waals surface area contributed by atoms with E-state index in [9.17, 15) is 14.4 Å². The third kappa shape index (κ3) is 3.96. The molecule has 0 spiro atoms. The minimum atomic E-state index is -0.349. The molecule has 2 aromatic carbocycles. The first-order valence-electron chi connectivity index (χ1n) is 12.6. The van der Waals surface area contributed by atoms with E-state index in [0.29, 0.717) is 43.2 Å². The number of aromatic nitrogens is 1. The van der Waals surface area contributed by atoms with E-state index >= 15 is 0 Å². The van der Waals surface area contributed by atoms with Crippen LogP contribution in [-0.4, -0.2) is 47.6 Å². The molecule has 0 radical (unpaired) electrons. The van der Waals surface area contributed by atoms with Crippen molar-refractivity contribution < 1.29 is 13.9 Å². The lowest BCUT2D eigenvalue weighted by Gasteiger charge is -2.44. The van der Waals surface area contributed by atoms with Crippen molar-refractivity contribution in [2.45, 2.75) is 57.0 Å². The third-order valence-electron chi connectivity index (χ3n) is 7.95. The molecule has 3 aliphatic rings. The molecule has 2 N–H and O–H groups in total. The number of fused-ring (bicyclic) bond motifs is 4. The van der Waals surface area contributed by atoms with Gasteiger partial charge in [0.05, 0.1) is 11.6 Å². The Balaban J connectivity index is 1.21. The van der Waals surface area contributed by atoms with Gasteiger partial charge in [0.1, 0.15) is 6.61 Å². The Morgan fingerprint density at radius 1 is 1.23 bits per heavy atom. The van der Waals surface area contributed by atoms with Gasteiger partial charge in [0.2, 0.25) is 0 Å². The molecule has 1 amide bonds. The fourth-order valence-corrected chi connectivity index (χ4v) is 5.95. The zero-order valence-corrected chi connectivity index (χ0v) is 19.7. The van der Waals surface area contributed by atoms with Gasteiger partial charge in [-0.25, -0.2) is 4.39 Å². The molecule has 180 valence electrons. The number of hydrogen-bond acceptors (Lipinski definition) is 4. The number of ether oxygens (including phenoxy) is 1. The number of nitrogens with one attached hydrogen (secondary N) is 2. The van der Waals surface area contributed by atoms with Gasteiger partial charge < -0.3 is 15.0 Å². The zero-order valence-electron chi connectivity index (χ0n) is 19.7. The van der Waals surface area contributed by atoms with Crippen LogP contribution in [0.1, 0.15) is 58.3 Å². The second-order valence-electron chi connectivity index (χ2n) is 9.99. The predicted molar refractivity (Wildman–Crippen MR) is 131 cm³/mol. The quantitative estimate of drug-likeness (QED) is 0.562. The zero-order chi connectivity index (χ0) is 23.9. The molecule has 2 aliphatic heterocycles. The van der Waals surface area contributed by atoms with Gasteiger partial charge in [-0.2, -0.15) is 5.26 Å². The number of benzene rings is 2. The number of aromatic amines is 1. The van der Waals surface area contributed by atoms with Crippen LogP contribution in [0.2, 0.25) is 0 Å². The summed E-state index contributed by atoms with van der Waals surface area (Å²) in [6.07, 6.45) is 8.80. The maximum Gasteiger partial charge on any atom is 0.251 e. The number of carbonyl (C=O) groups excluding carboxylic acids is 1. The highest BCUT2D eigenvalue weighted by Gasteiger charge is 2.37. The second-order valence-corrected chi connectivity index (χ2v) is 9.99. The lowest BCUT2D eigenvalue weighted by molar-refractivity contribution is 0.0420. The summed E-state index contributed by atoms with van der Waals surface area (Å²) in [6.45, 7) is 1.91. The Bertz CT molecular complexity index is 1340. The highest BCUT2D eigenvalue weighted by atomic mass is 19.1. The summed E-state index contributed by atoms with van der Waals surface area (Å²) in [7, 11) is 0. The molecular weight excluding hydrogens is 443 g/mol. The van der Waals surface area contributed by atoms with E-state index in [1.165, 1.54) is 30.9 Å². The molecular formula is C28H29FN4O2. The van der Waals surface area contributed by atoms with Crippen molar-refractivity contribution in [3.05, 3.63) is 64.1 Å². The van der Waals surface area contributed by atoms with Crippen LogP contribution < -0.4 is 10.1 Å². The SMILES string of the molecule is N#Cc1ccc2[nH]cc(CCCN(C3CCC3)C3COc4c(F)cc5c(c4C3)C(=O)NCC5)c2c1. The molecule has 1 unspecified atom stereocenters. The second kappa shape index (κ2) is 9.01. The number of carbonyl (C=O) groups is 1.